The van der Waals surface area contributed by atoms with Crippen molar-refractivity contribution in [1.82, 2.24) is 35.4 Å². The number of benzene rings is 3. The van der Waals surface area contributed by atoms with Crippen molar-refractivity contribution in [2.24, 2.45) is 0 Å². The molecule has 0 saturated carbocycles. The number of aromatic nitrogens is 7. The first-order chi connectivity index (χ1) is 16.7. The SMILES string of the molecule is CCc1nc(CCc2ccc(N)cc2)n(Cc2ccc(-c3ccccc3-c3nn[nH]n3)cc2)n1. The second-order valence-electron chi connectivity index (χ2n) is 8.17. The standard InChI is InChI=1S/C26H26N8/c1-2-24-28-25(16-11-18-9-14-21(27)15-10-18)34(31-24)17-19-7-12-20(13-8-19)22-5-3-4-6-23(22)26-29-32-33-30-26/h3-10,12-15H,2,11,16-17,27H2,1H3,(H,29,30,32,33). The third kappa shape index (κ3) is 4.71. The van der Waals surface area contributed by atoms with E-state index in [2.05, 4.69) is 70.0 Å². The first-order valence-corrected chi connectivity index (χ1v) is 11.4. The number of nitrogens with two attached hydrogens (primary N) is 1. The van der Waals surface area contributed by atoms with Crippen molar-refractivity contribution in [2.75, 3.05) is 5.73 Å². The van der Waals surface area contributed by atoms with Crippen LogP contribution in [0.1, 0.15) is 29.7 Å². The van der Waals surface area contributed by atoms with Gasteiger partial charge in [-0.25, -0.2) is 9.67 Å². The van der Waals surface area contributed by atoms with E-state index in [1.54, 1.807) is 0 Å². The number of tetrazole rings is 1. The van der Waals surface area contributed by atoms with Crippen molar-refractivity contribution < 1.29 is 0 Å². The van der Waals surface area contributed by atoms with Crippen LogP contribution in [-0.4, -0.2) is 35.4 Å². The van der Waals surface area contributed by atoms with Gasteiger partial charge in [-0.1, -0.05) is 67.6 Å². The fraction of sp³-hybridized carbons (Fsp3) is 0.192. The van der Waals surface area contributed by atoms with E-state index in [1.807, 2.05) is 35.0 Å². The number of nitrogens with zero attached hydrogens (tertiary/aromatic N) is 6. The normalized spacial score (nSPS) is 11.1. The number of hydrogen-bond donors (Lipinski definition) is 2. The average molecular weight is 451 g/mol. The molecule has 0 aliphatic carbocycles. The Morgan fingerprint density at radius 1 is 0.853 bits per heavy atom. The Morgan fingerprint density at radius 2 is 1.59 bits per heavy atom. The molecule has 3 N–H and O–H groups in total. The van der Waals surface area contributed by atoms with Gasteiger partial charge in [0.25, 0.3) is 0 Å². The maximum Gasteiger partial charge on any atom is 0.205 e. The lowest BCUT2D eigenvalue weighted by molar-refractivity contribution is 0.628. The molecule has 0 saturated heterocycles. The van der Waals surface area contributed by atoms with Gasteiger partial charge in [-0.15, -0.1) is 10.2 Å². The lowest BCUT2D eigenvalue weighted by Gasteiger charge is -2.09. The number of nitrogens with one attached hydrogen (secondary N) is 1. The van der Waals surface area contributed by atoms with Gasteiger partial charge in [0.2, 0.25) is 5.82 Å². The maximum atomic E-state index is 5.81. The molecule has 0 aliphatic rings. The minimum absolute atomic E-state index is 0.583. The number of H-pyrrole nitrogens is 1. The summed E-state index contributed by atoms with van der Waals surface area (Å²) in [5, 5.41) is 19.2. The Labute approximate surface area is 197 Å². The summed E-state index contributed by atoms with van der Waals surface area (Å²) in [6.07, 6.45) is 2.54. The lowest BCUT2D eigenvalue weighted by Crippen LogP contribution is -2.08. The van der Waals surface area contributed by atoms with Crippen LogP contribution in [0.2, 0.25) is 0 Å². The molecule has 0 aliphatic heterocycles. The Morgan fingerprint density at radius 3 is 2.29 bits per heavy atom. The molecular formula is C26H26N8. The highest BCUT2D eigenvalue weighted by atomic mass is 15.5. The summed E-state index contributed by atoms with van der Waals surface area (Å²) in [7, 11) is 0. The predicted molar refractivity (Wildman–Crippen MR) is 132 cm³/mol. The van der Waals surface area contributed by atoms with Gasteiger partial charge in [-0.2, -0.15) is 10.3 Å². The molecule has 5 rings (SSSR count). The van der Waals surface area contributed by atoms with Crippen LogP contribution in [0.25, 0.3) is 22.5 Å². The third-order valence-electron chi connectivity index (χ3n) is 5.84. The molecule has 2 heterocycles. The van der Waals surface area contributed by atoms with Gasteiger partial charge in [0.05, 0.1) is 6.54 Å². The number of aryl methyl sites for hydroxylation is 3. The van der Waals surface area contributed by atoms with Crippen LogP contribution < -0.4 is 5.73 Å². The molecule has 0 radical (unpaired) electrons. The second kappa shape index (κ2) is 9.66. The van der Waals surface area contributed by atoms with E-state index in [-0.39, 0.29) is 0 Å². The zero-order valence-electron chi connectivity index (χ0n) is 19.0. The smallest absolute Gasteiger partial charge is 0.205 e. The Hall–Kier alpha value is -4.33. The van der Waals surface area contributed by atoms with Crippen molar-refractivity contribution in [3.8, 4) is 22.5 Å². The van der Waals surface area contributed by atoms with E-state index >= 15 is 0 Å². The van der Waals surface area contributed by atoms with Crippen molar-refractivity contribution in [1.29, 1.82) is 0 Å². The van der Waals surface area contributed by atoms with Gasteiger partial charge in [0.15, 0.2) is 5.82 Å². The summed E-state index contributed by atoms with van der Waals surface area (Å²) in [5.41, 5.74) is 12.1. The molecule has 170 valence electrons. The van der Waals surface area contributed by atoms with E-state index in [4.69, 9.17) is 15.8 Å². The monoisotopic (exact) mass is 450 g/mol. The van der Waals surface area contributed by atoms with E-state index in [0.717, 1.165) is 53.3 Å². The molecule has 8 nitrogen and oxygen atoms in total. The van der Waals surface area contributed by atoms with Crippen LogP contribution in [0.5, 0.6) is 0 Å². The fourth-order valence-electron chi connectivity index (χ4n) is 4.00. The minimum atomic E-state index is 0.583. The van der Waals surface area contributed by atoms with Crippen molar-refractivity contribution in [3.05, 3.63) is 95.6 Å². The molecule has 3 aromatic carbocycles. The van der Waals surface area contributed by atoms with E-state index < -0.39 is 0 Å². The molecule has 0 unspecified atom stereocenters. The topological polar surface area (TPSA) is 111 Å². The zero-order chi connectivity index (χ0) is 23.3. The van der Waals surface area contributed by atoms with Gasteiger partial charge >= 0.3 is 0 Å². The van der Waals surface area contributed by atoms with Gasteiger partial charge in [-0.05, 0) is 46.0 Å². The quantitative estimate of drug-likeness (QED) is 0.344. The number of rotatable bonds is 8. The number of hydrogen-bond acceptors (Lipinski definition) is 6. The molecule has 2 aromatic heterocycles. The predicted octanol–water partition coefficient (Wildman–Crippen LogP) is 4.10. The van der Waals surface area contributed by atoms with Crippen LogP contribution >= 0.6 is 0 Å². The Balaban J connectivity index is 1.35. The molecule has 0 atom stereocenters. The zero-order valence-corrected chi connectivity index (χ0v) is 19.0. The van der Waals surface area contributed by atoms with E-state index in [1.165, 1.54) is 11.1 Å². The van der Waals surface area contributed by atoms with E-state index in [0.29, 0.717) is 12.4 Å². The van der Waals surface area contributed by atoms with Crippen molar-refractivity contribution in [2.45, 2.75) is 32.7 Å². The third-order valence-corrected chi connectivity index (χ3v) is 5.84. The molecule has 8 heteroatoms. The highest BCUT2D eigenvalue weighted by Gasteiger charge is 2.12. The highest BCUT2D eigenvalue weighted by molar-refractivity contribution is 5.80. The summed E-state index contributed by atoms with van der Waals surface area (Å²) < 4.78 is 2.03. The van der Waals surface area contributed by atoms with Crippen molar-refractivity contribution >= 4 is 5.69 Å². The van der Waals surface area contributed by atoms with Gasteiger partial charge < -0.3 is 5.73 Å². The fourth-order valence-corrected chi connectivity index (χ4v) is 4.00. The molecule has 0 bridgehead atoms. The minimum Gasteiger partial charge on any atom is -0.399 e. The number of nitrogen functional groups attached to an aromatic ring is 1. The number of aromatic amines is 1. The molecule has 0 fully saturated rings. The largest absolute Gasteiger partial charge is 0.399 e. The molecule has 0 amide bonds. The van der Waals surface area contributed by atoms with Crippen LogP contribution in [0, 0.1) is 0 Å². The molecular weight excluding hydrogens is 424 g/mol. The first-order valence-electron chi connectivity index (χ1n) is 11.4. The molecule has 34 heavy (non-hydrogen) atoms. The summed E-state index contributed by atoms with van der Waals surface area (Å²) in [6.45, 7) is 2.76. The second-order valence-corrected chi connectivity index (χ2v) is 8.17. The van der Waals surface area contributed by atoms with E-state index in [9.17, 15) is 0 Å². The molecule has 5 aromatic rings. The van der Waals surface area contributed by atoms with Gasteiger partial charge in [0, 0.05) is 24.1 Å². The summed E-state index contributed by atoms with van der Waals surface area (Å²) in [6, 6.07) is 24.6. The van der Waals surface area contributed by atoms with Crippen LogP contribution in [0.4, 0.5) is 5.69 Å². The van der Waals surface area contributed by atoms with Crippen LogP contribution in [-0.2, 0) is 25.8 Å². The Bertz CT molecular complexity index is 1350. The van der Waals surface area contributed by atoms with Gasteiger partial charge in [-0.3, -0.25) is 0 Å². The highest BCUT2D eigenvalue weighted by Crippen LogP contribution is 2.29. The summed E-state index contributed by atoms with van der Waals surface area (Å²) in [4.78, 5) is 4.77. The van der Waals surface area contributed by atoms with Crippen LogP contribution in [0.3, 0.4) is 0 Å². The summed E-state index contributed by atoms with van der Waals surface area (Å²) in [5.74, 6) is 2.46. The van der Waals surface area contributed by atoms with Crippen LogP contribution in [0.15, 0.2) is 72.8 Å². The summed E-state index contributed by atoms with van der Waals surface area (Å²) >= 11 is 0. The maximum absolute atomic E-state index is 5.81. The van der Waals surface area contributed by atoms with Crippen molar-refractivity contribution in [3.63, 3.8) is 0 Å². The van der Waals surface area contributed by atoms with Gasteiger partial charge in [0.1, 0.15) is 5.82 Å². The number of anilines is 1. The molecule has 0 spiro atoms. The Kier molecular flexibility index (Phi) is 6.11. The lowest BCUT2D eigenvalue weighted by atomic mass is 9.98. The first kappa shape index (κ1) is 21.5. The average Bonchev–Trinajstić information content (AvgIpc) is 3.55.